The van der Waals surface area contributed by atoms with E-state index in [2.05, 4.69) is 5.32 Å². The Balaban J connectivity index is 2.08. The fraction of sp³-hybridized carbons (Fsp3) is 0.533. The Kier molecular flexibility index (Phi) is 4.69. The molecule has 1 aliphatic rings. The average molecular weight is 293 g/mol. The summed E-state index contributed by atoms with van der Waals surface area (Å²) in [5.74, 6) is -0.231. The van der Waals surface area contributed by atoms with E-state index in [1.54, 1.807) is 12.1 Å². The summed E-state index contributed by atoms with van der Waals surface area (Å²) in [5.41, 5.74) is 6.72. The van der Waals surface area contributed by atoms with E-state index in [-0.39, 0.29) is 12.5 Å². The zero-order valence-corrected chi connectivity index (χ0v) is 12.6. The maximum Gasteiger partial charge on any atom is 0.253 e. The van der Waals surface area contributed by atoms with Gasteiger partial charge in [0.15, 0.2) is 0 Å². The summed E-state index contributed by atoms with van der Waals surface area (Å²) < 4.78 is 5.23. The predicted octanol–water partition coefficient (Wildman–Crippen LogP) is 0.606. The van der Waals surface area contributed by atoms with Gasteiger partial charge in [0.25, 0.3) is 5.91 Å². The van der Waals surface area contributed by atoms with Gasteiger partial charge in [0.2, 0.25) is 0 Å². The molecule has 1 saturated heterocycles. The number of ether oxygens (including phenoxy) is 1. The molecule has 116 valence electrons. The van der Waals surface area contributed by atoms with Gasteiger partial charge in [-0.25, -0.2) is 0 Å². The van der Waals surface area contributed by atoms with Gasteiger partial charge in [-0.2, -0.15) is 0 Å². The highest BCUT2D eigenvalue weighted by molar-refractivity contribution is 6.00. The van der Waals surface area contributed by atoms with Gasteiger partial charge in [-0.3, -0.25) is 4.79 Å². The number of hydrogen-bond donors (Lipinski definition) is 3. The molecule has 1 aromatic rings. The molecule has 4 N–H and O–H groups in total. The number of nitrogens with zero attached hydrogens (tertiary/aromatic N) is 1. The molecule has 2 rings (SSSR count). The number of carbonyl (C=O) groups is 1. The van der Waals surface area contributed by atoms with E-state index in [9.17, 15) is 9.90 Å². The second kappa shape index (κ2) is 6.32. The van der Waals surface area contributed by atoms with Crippen LogP contribution in [0.3, 0.4) is 0 Å². The lowest BCUT2D eigenvalue weighted by atomic mass is 9.94. The molecule has 0 bridgehead atoms. The molecule has 1 fully saturated rings. The summed E-state index contributed by atoms with van der Waals surface area (Å²) in [7, 11) is 3.74. The minimum atomic E-state index is -0.882. The number of aliphatic hydroxyl groups is 1. The predicted molar refractivity (Wildman–Crippen MR) is 82.5 cm³/mol. The molecule has 1 heterocycles. The lowest BCUT2D eigenvalue weighted by Gasteiger charge is -2.32. The molecule has 0 aromatic heterocycles. The molecular weight excluding hydrogens is 270 g/mol. The number of benzene rings is 1. The van der Waals surface area contributed by atoms with Crippen molar-refractivity contribution in [2.45, 2.75) is 18.4 Å². The molecule has 1 aromatic carbocycles. The van der Waals surface area contributed by atoms with Gasteiger partial charge in [-0.05, 0) is 18.2 Å². The molecule has 6 nitrogen and oxygen atoms in total. The molecule has 6 heteroatoms. The number of nitrogens with one attached hydrogen (secondary N) is 1. The minimum Gasteiger partial charge on any atom is -0.399 e. The molecule has 0 atom stereocenters. The van der Waals surface area contributed by atoms with Crippen LogP contribution in [-0.2, 0) is 4.74 Å². The zero-order valence-electron chi connectivity index (χ0n) is 12.6. The Morgan fingerprint density at radius 3 is 2.71 bits per heavy atom. The third-order valence-electron chi connectivity index (χ3n) is 3.75. The van der Waals surface area contributed by atoms with Crippen molar-refractivity contribution in [1.82, 2.24) is 5.32 Å². The van der Waals surface area contributed by atoms with E-state index in [0.717, 1.165) is 5.69 Å². The van der Waals surface area contributed by atoms with E-state index in [1.807, 2.05) is 25.1 Å². The van der Waals surface area contributed by atoms with Gasteiger partial charge in [0, 0.05) is 58.1 Å². The lowest BCUT2D eigenvalue weighted by Crippen LogP contribution is -2.46. The summed E-state index contributed by atoms with van der Waals surface area (Å²) in [6.45, 7) is 1.26. The molecule has 0 saturated carbocycles. The Labute approximate surface area is 124 Å². The highest BCUT2D eigenvalue weighted by Gasteiger charge is 2.30. The standard InChI is InChI=1S/C15H23N3O3/c1-18(2)13-4-3-11(16)9-12(13)14(19)17-10-15(20)5-7-21-8-6-15/h3-4,9,20H,5-8,10,16H2,1-2H3,(H,17,19). The lowest BCUT2D eigenvalue weighted by molar-refractivity contribution is -0.0605. The normalized spacial score (nSPS) is 17.3. The summed E-state index contributed by atoms with van der Waals surface area (Å²) in [5, 5.41) is 13.2. The minimum absolute atomic E-state index is 0.219. The van der Waals surface area contributed by atoms with E-state index >= 15 is 0 Å². The summed E-state index contributed by atoms with van der Waals surface area (Å²) in [6, 6.07) is 5.23. The van der Waals surface area contributed by atoms with Crippen molar-refractivity contribution in [1.29, 1.82) is 0 Å². The molecule has 21 heavy (non-hydrogen) atoms. The third-order valence-corrected chi connectivity index (χ3v) is 3.75. The highest BCUT2D eigenvalue weighted by Crippen LogP contribution is 2.23. The van der Waals surface area contributed by atoms with Gasteiger partial charge < -0.3 is 25.8 Å². The number of nitrogen functional groups attached to an aromatic ring is 1. The van der Waals surface area contributed by atoms with Crippen LogP contribution in [0, 0.1) is 0 Å². The van der Waals surface area contributed by atoms with Crippen LogP contribution in [0.15, 0.2) is 18.2 Å². The first-order valence-electron chi connectivity index (χ1n) is 7.06. The molecule has 0 radical (unpaired) electrons. The number of hydrogen-bond acceptors (Lipinski definition) is 5. The van der Waals surface area contributed by atoms with Crippen LogP contribution in [0.5, 0.6) is 0 Å². The van der Waals surface area contributed by atoms with Crippen molar-refractivity contribution < 1.29 is 14.6 Å². The van der Waals surface area contributed by atoms with E-state index in [1.165, 1.54) is 0 Å². The van der Waals surface area contributed by atoms with Crippen LogP contribution in [0.2, 0.25) is 0 Å². The van der Waals surface area contributed by atoms with Crippen LogP contribution < -0.4 is 16.0 Å². The van der Waals surface area contributed by atoms with Crippen molar-refractivity contribution >= 4 is 17.3 Å². The van der Waals surface area contributed by atoms with E-state index < -0.39 is 5.60 Å². The van der Waals surface area contributed by atoms with Crippen LogP contribution in [0.1, 0.15) is 23.2 Å². The fourth-order valence-corrected chi connectivity index (χ4v) is 2.39. The highest BCUT2D eigenvalue weighted by atomic mass is 16.5. The maximum absolute atomic E-state index is 12.4. The Morgan fingerprint density at radius 2 is 2.10 bits per heavy atom. The Morgan fingerprint density at radius 1 is 1.43 bits per heavy atom. The first-order valence-corrected chi connectivity index (χ1v) is 7.06. The summed E-state index contributed by atoms with van der Waals surface area (Å²) in [4.78, 5) is 14.2. The van der Waals surface area contributed by atoms with Crippen LogP contribution in [-0.4, -0.2) is 50.5 Å². The van der Waals surface area contributed by atoms with Crippen molar-refractivity contribution in [2.75, 3.05) is 44.5 Å². The molecule has 1 aliphatic heterocycles. The fourth-order valence-electron chi connectivity index (χ4n) is 2.39. The van der Waals surface area contributed by atoms with Crippen LogP contribution in [0.25, 0.3) is 0 Å². The maximum atomic E-state index is 12.4. The van der Waals surface area contributed by atoms with Gasteiger partial charge >= 0.3 is 0 Å². The van der Waals surface area contributed by atoms with Gasteiger partial charge in [-0.1, -0.05) is 0 Å². The monoisotopic (exact) mass is 293 g/mol. The van der Waals surface area contributed by atoms with Crippen molar-refractivity contribution in [3.63, 3.8) is 0 Å². The van der Waals surface area contributed by atoms with Gasteiger partial charge in [0.1, 0.15) is 0 Å². The second-order valence-electron chi connectivity index (χ2n) is 5.69. The van der Waals surface area contributed by atoms with Crippen molar-refractivity contribution in [3.05, 3.63) is 23.8 Å². The molecule has 0 spiro atoms. The number of amides is 1. The summed E-state index contributed by atoms with van der Waals surface area (Å²) in [6.07, 6.45) is 1.06. The number of nitrogens with two attached hydrogens (primary N) is 1. The Hall–Kier alpha value is -1.79. The average Bonchev–Trinajstić information content (AvgIpc) is 2.45. The SMILES string of the molecule is CN(C)c1ccc(N)cc1C(=O)NCC1(O)CCOCC1. The van der Waals surface area contributed by atoms with E-state index in [4.69, 9.17) is 10.5 Å². The first-order chi connectivity index (χ1) is 9.91. The van der Waals surface area contributed by atoms with Gasteiger partial charge in [-0.15, -0.1) is 0 Å². The Bertz CT molecular complexity index is 511. The molecular formula is C15H23N3O3. The molecule has 0 aliphatic carbocycles. The topological polar surface area (TPSA) is 87.8 Å². The van der Waals surface area contributed by atoms with Crippen molar-refractivity contribution in [2.24, 2.45) is 0 Å². The number of rotatable bonds is 4. The van der Waals surface area contributed by atoms with Gasteiger partial charge in [0.05, 0.1) is 11.2 Å². The quantitative estimate of drug-likeness (QED) is 0.708. The van der Waals surface area contributed by atoms with Crippen LogP contribution >= 0.6 is 0 Å². The van der Waals surface area contributed by atoms with E-state index in [0.29, 0.717) is 37.3 Å². The first kappa shape index (κ1) is 15.6. The largest absolute Gasteiger partial charge is 0.399 e. The summed E-state index contributed by atoms with van der Waals surface area (Å²) >= 11 is 0. The molecule has 1 amide bonds. The second-order valence-corrected chi connectivity index (χ2v) is 5.69. The molecule has 0 unspecified atom stereocenters. The van der Waals surface area contributed by atoms with Crippen LogP contribution in [0.4, 0.5) is 11.4 Å². The number of anilines is 2. The smallest absolute Gasteiger partial charge is 0.253 e. The number of carbonyl (C=O) groups excluding carboxylic acids is 1. The van der Waals surface area contributed by atoms with Crippen molar-refractivity contribution in [3.8, 4) is 0 Å². The third kappa shape index (κ3) is 3.86. The zero-order chi connectivity index (χ0) is 15.5.